The molecule has 7 nitrogen and oxygen atoms in total. The van der Waals surface area contributed by atoms with Gasteiger partial charge in [-0.15, -0.1) is 0 Å². The highest BCUT2D eigenvalue weighted by molar-refractivity contribution is 5.90. The highest BCUT2D eigenvalue weighted by Crippen LogP contribution is 2.34. The van der Waals surface area contributed by atoms with E-state index in [9.17, 15) is 4.79 Å². The third-order valence-electron chi connectivity index (χ3n) is 3.90. The van der Waals surface area contributed by atoms with Crippen LogP contribution in [0.3, 0.4) is 0 Å². The van der Waals surface area contributed by atoms with E-state index < -0.39 is 0 Å². The Hall–Kier alpha value is -2.70. The van der Waals surface area contributed by atoms with Crippen LogP contribution in [0.1, 0.15) is 30.6 Å². The van der Waals surface area contributed by atoms with Crippen LogP contribution in [0, 0.1) is 6.92 Å². The van der Waals surface area contributed by atoms with E-state index in [1.807, 2.05) is 39.1 Å². The Morgan fingerprint density at radius 1 is 1.50 bits per heavy atom. The molecular formula is C17H22N4O3. The number of ether oxygens (including phenoxy) is 2. The Bertz CT molecular complexity index is 741. The van der Waals surface area contributed by atoms with Crippen molar-refractivity contribution >= 4 is 11.7 Å². The lowest BCUT2D eigenvalue weighted by atomic mass is 10.0. The lowest BCUT2D eigenvalue weighted by molar-refractivity contribution is 0.231. The summed E-state index contributed by atoms with van der Waals surface area (Å²) in [6, 6.07) is 5.32. The minimum absolute atomic E-state index is 0.119. The number of hydrogen-bond acceptors (Lipinski definition) is 4. The number of aromatic nitrogens is 2. The Morgan fingerprint density at radius 3 is 3.04 bits per heavy atom. The summed E-state index contributed by atoms with van der Waals surface area (Å²) in [5.41, 5.74) is 2.41. The van der Waals surface area contributed by atoms with Crippen LogP contribution in [0.4, 0.5) is 10.5 Å². The molecule has 0 radical (unpaired) electrons. The van der Waals surface area contributed by atoms with Crippen LogP contribution < -0.4 is 20.1 Å². The van der Waals surface area contributed by atoms with Crippen molar-refractivity contribution in [3.05, 3.63) is 35.7 Å². The van der Waals surface area contributed by atoms with Gasteiger partial charge in [0, 0.05) is 25.2 Å². The second kappa shape index (κ2) is 6.82. The zero-order chi connectivity index (χ0) is 17.1. The summed E-state index contributed by atoms with van der Waals surface area (Å²) in [4.78, 5) is 12.3. The molecule has 2 amide bonds. The van der Waals surface area contributed by atoms with E-state index in [2.05, 4.69) is 15.7 Å². The maximum atomic E-state index is 12.3. The number of hydrogen-bond donors (Lipinski definition) is 2. The average Bonchev–Trinajstić information content (AvgIpc) is 2.85. The summed E-state index contributed by atoms with van der Waals surface area (Å²) < 4.78 is 12.9. The van der Waals surface area contributed by atoms with Crippen molar-refractivity contribution < 1.29 is 14.3 Å². The van der Waals surface area contributed by atoms with Gasteiger partial charge in [-0.25, -0.2) is 4.79 Å². The van der Waals surface area contributed by atoms with Gasteiger partial charge in [0.25, 0.3) is 0 Å². The molecule has 0 saturated carbocycles. The first-order valence-corrected chi connectivity index (χ1v) is 8.04. The van der Waals surface area contributed by atoms with E-state index in [0.717, 1.165) is 22.8 Å². The minimum Gasteiger partial charge on any atom is -0.494 e. The molecule has 2 N–H and O–H groups in total. The first-order valence-electron chi connectivity index (χ1n) is 8.04. The van der Waals surface area contributed by atoms with E-state index in [1.54, 1.807) is 10.9 Å². The van der Waals surface area contributed by atoms with Crippen molar-refractivity contribution in [3.63, 3.8) is 0 Å². The van der Waals surface area contributed by atoms with E-state index >= 15 is 0 Å². The molecule has 1 aromatic heterocycles. The maximum Gasteiger partial charge on any atom is 0.319 e. The van der Waals surface area contributed by atoms with Crippen LogP contribution in [0.15, 0.2) is 24.4 Å². The monoisotopic (exact) mass is 330 g/mol. The van der Waals surface area contributed by atoms with Crippen molar-refractivity contribution in [2.75, 3.05) is 18.5 Å². The number of aryl methyl sites for hydroxylation is 2. The Kier molecular flexibility index (Phi) is 4.59. The number of carbonyl (C=O) groups is 1. The quantitative estimate of drug-likeness (QED) is 0.904. The standard InChI is InChI=1S/C17H22N4O3/c1-4-23-12-5-6-16-13(9-12)14(7-8-24-16)18-17(22)19-15-10-21(3)20-11(15)2/h5-6,9-10,14H,4,7-8H2,1-3H3,(H2,18,19,22). The lowest BCUT2D eigenvalue weighted by Crippen LogP contribution is -2.35. The van der Waals surface area contributed by atoms with Gasteiger partial charge in [0.2, 0.25) is 0 Å². The molecule has 0 aliphatic carbocycles. The topological polar surface area (TPSA) is 77.4 Å². The molecule has 7 heteroatoms. The number of nitrogens with zero attached hydrogens (tertiary/aromatic N) is 2. The van der Waals surface area contributed by atoms with Crippen LogP contribution in [0.2, 0.25) is 0 Å². The number of fused-ring (bicyclic) bond motifs is 1. The summed E-state index contributed by atoms with van der Waals surface area (Å²) in [5, 5.41) is 10.1. The minimum atomic E-state index is -0.259. The lowest BCUT2D eigenvalue weighted by Gasteiger charge is -2.27. The number of urea groups is 1. The fraction of sp³-hybridized carbons (Fsp3) is 0.412. The van der Waals surface area contributed by atoms with Gasteiger partial charge in [-0.3, -0.25) is 4.68 Å². The molecule has 1 aromatic carbocycles. The van der Waals surface area contributed by atoms with Gasteiger partial charge >= 0.3 is 6.03 Å². The van der Waals surface area contributed by atoms with E-state index in [4.69, 9.17) is 9.47 Å². The molecule has 128 valence electrons. The van der Waals surface area contributed by atoms with Gasteiger partial charge in [0.05, 0.1) is 30.6 Å². The molecule has 0 saturated heterocycles. The van der Waals surface area contributed by atoms with Crippen LogP contribution in [0.5, 0.6) is 11.5 Å². The Labute approximate surface area is 140 Å². The summed E-state index contributed by atoms with van der Waals surface area (Å²) in [6.45, 7) is 4.96. The van der Waals surface area contributed by atoms with Gasteiger partial charge in [-0.1, -0.05) is 0 Å². The summed E-state index contributed by atoms with van der Waals surface area (Å²) in [7, 11) is 1.82. The second-order valence-corrected chi connectivity index (χ2v) is 5.72. The predicted octanol–water partition coefficient (Wildman–Crippen LogP) is 2.77. The van der Waals surface area contributed by atoms with Crippen molar-refractivity contribution in [1.82, 2.24) is 15.1 Å². The van der Waals surface area contributed by atoms with E-state index in [1.165, 1.54) is 0 Å². The SMILES string of the molecule is CCOc1ccc2c(c1)C(NC(=O)Nc1cn(C)nc1C)CCO2. The third-order valence-corrected chi connectivity index (χ3v) is 3.90. The van der Waals surface area contributed by atoms with Gasteiger partial charge in [-0.2, -0.15) is 5.10 Å². The third kappa shape index (κ3) is 3.45. The number of benzene rings is 1. The van der Waals surface area contributed by atoms with Gasteiger partial charge in [-0.05, 0) is 32.0 Å². The average molecular weight is 330 g/mol. The summed E-state index contributed by atoms with van der Waals surface area (Å²) in [6.07, 6.45) is 2.49. The van der Waals surface area contributed by atoms with Crippen LogP contribution in [-0.4, -0.2) is 29.0 Å². The molecular weight excluding hydrogens is 308 g/mol. The number of nitrogens with one attached hydrogen (secondary N) is 2. The second-order valence-electron chi connectivity index (χ2n) is 5.72. The maximum absolute atomic E-state index is 12.3. The zero-order valence-electron chi connectivity index (χ0n) is 14.1. The van der Waals surface area contributed by atoms with E-state index in [-0.39, 0.29) is 12.1 Å². The first kappa shape index (κ1) is 16.2. The highest BCUT2D eigenvalue weighted by atomic mass is 16.5. The van der Waals surface area contributed by atoms with Gasteiger partial charge in [0.15, 0.2) is 0 Å². The molecule has 1 atom stereocenters. The fourth-order valence-electron chi connectivity index (χ4n) is 2.82. The zero-order valence-corrected chi connectivity index (χ0v) is 14.1. The van der Waals surface area contributed by atoms with Crippen molar-refractivity contribution in [1.29, 1.82) is 0 Å². The van der Waals surface area contributed by atoms with Gasteiger partial charge < -0.3 is 20.1 Å². The number of anilines is 1. The molecule has 1 aliphatic heterocycles. The Morgan fingerprint density at radius 2 is 2.33 bits per heavy atom. The summed E-state index contributed by atoms with van der Waals surface area (Å²) in [5.74, 6) is 1.56. The normalized spacial score (nSPS) is 16.0. The van der Waals surface area contributed by atoms with Crippen molar-refractivity contribution in [2.45, 2.75) is 26.3 Å². The Balaban J connectivity index is 1.73. The van der Waals surface area contributed by atoms with Crippen molar-refractivity contribution in [2.24, 2.45) is 7.05 Å². The van der Waals surface area contributed by atoms with Crippen LogP contribution in [0.25, 0.3) is 0 Å². The molecule has 1 aliphatic rings. The predicted molar refractivity (Wildman–Crippen MR) is 90.6 cm³/mol. The molecule has 0 fully saturated rings. The molecule has 2 heterocycles. The summed E-state index contributed by atoms with van der Waals surface area (Å²) >= 11 is 0. The largest absolute Gasteiger partial charge is 0.494 e. The number of carbonyl (C=O) groups excluding carboxylic acids is 1. The molecule has 1 unspecified atom stereocenters. The number of amides is 2. The van der Waals surface area contributed by atoms with E-state index in [0.29, 0.717) is 25.3 Å². The molecule has 0 spiro atoms. The highest BCUT2D eigenvalue weighted by Gasteiger charge is 2.24. The molecule has 3 rings (SSSR count). The first-order chi connectivity index (χ1) is 11.6. The van der Waals surface area contributed by atoms with Crippen LogP contribution >= 0.6 is 0 Å². The number of rotatable bonds is 4. The smallest absolute Gasteiger partial charge is 0.319 e. The van der Waals surface area contributed by atoms with Crippen LogP contribution in [-0.2, 0) is 7.05 Å². The fourth-order valence-corrected chi connectivity index (χ4v) is 2.82. The van der Waals surface area contributed by atoms with Crippen molar-refractivity contribution in [3.8, 4) is 11.5 Å². The van der Waals surface area contributed by atoms with Gasteiger partial charge in [0.1, 0.15) is 11.5 Å². The molecule has 2 aromatic rings. The molecule has 24 heavy (non-hydrogen) atoms. The molecule has 0 bridgehead atoms.